The van der Waals surface area contributed by atoms with Gasteiger partial charge in [-0.25, -0.2) is 0 Å². The molecule has 4 aromatic rings. The van der Waals surface area contributed by atoms with Gasteiger partial charge < -0.3 is 4.90 Å². The fourth-order valence-electron chi connectivity index (χ4n) is 2.67. The number of hydrogen-bond donors (Lipinski definition) is 0. The van der Waals surface area contributed by atoms with Crippen LogP contribution >= 0.6 is 11.3 Å². The Balaban J connectivity index is 0.000000339. The van der Waals surface area contributed by atoms with Crippen molar-refractivity contribution in [3.05, 3.63) is 120 Å². The molecule has 0 amide bonds. The van der Waals surface area contributed by atoms with Crippen LogP contribution in [0.1, 0.15) is 5.56 Å². The number of thiophene rings is 1. The van der Waals surface area contributed by atoms with Crippen LogP contribution in [0.4, 0.5) is 17.1 Å². The molecule has 0 aliphatic heterocycles. The van der Waals surface area contributed by atoms with Gasteiger partial charge >= 0.3 is 0 Å². The molecule has 0 saturated carbocycles. The van der Waals surface area contributed by atoms with Gasteiger partial charge in [0.1, 0.15) is 0 Å². The Labute approximate surface area is 159 Å². The molecule has 1 nitrogen and oxygen atoms in total. The van der Waals surface area contributed by atoms with E-state index in [4.69, 9.17) is 0 Å². The Hall–Kier alpha value is -3.10. The van der Waals surface area contributed by atoms with Gasteiger partial charge in [-0.1, -0.05) is 79.4 Å². The molecule has 128 valence electrons. The van der Waals surface area contributed by atoms with E-state index in [9.17, 15) is 0 Å². The number of anilines is 3. The van der Waals surface area contributed by atoms with Gasteiger partial charge in [0.15, 0.2) is 0 Å². The third-order valence-corrected chi connectivity index (χ3v) is 4.48. The second-order valence-electron chi connectivity index (χ2n) is 5.56. The second kappa shape index (κ2) is 9.40. The summed E-state index contributed by atoms with van der Waals surface area (Å²) in [5.74, 6) is 0. The van der Waals surface area contributed by atoms with Crippen LogP contribution in [-0.2, 0) is 0 Å². The maximum atomic E-state index is 3.93. The standard InChI is InChI=1S/C20H17N.C4H4S/c1-2-17-11-9-10-16-20(17)21(18-12-5-3-6-13-18)19-14-7-4-8-15-19;1-2-4-5-3-1/h2-16H,1H2;1-4H. The highest BCUT2D eigenvalue weighted by molar-refractivity contribution is 7.07. The maximum absolute atomic E-state index is 3.93. The van der Waals surface area contributed by atoms with Crippen molar-refractivity contribution >= 4 is 34.5 Å². The highest BCUT2D eigenvalue weighted by Gasteiger charge is 2.13. The molecule has 0 aliphatic carbocycles. The average molecular weight is 356 g/mol. The normalized spacial score (nSPS) is 9.69. The average Bonchev–Trinajstić information content (AvgIpc) is 3.30. The molecule has 0 radical (unpaired) electrons. The summed E-state index contributed by atoms with van der Waals surface area (Å²) in [6.45, 7) is 3.93. The van der Waals surface area contributed by atoms with Gasteiger partial charge in [0, 0.05) is 11.4 Å². The topological polar surface area (TPSA) is 3.24 Å². The first-order chi connectivity index (χ1) is 12.9. The lowest BCUT2D eigenvalue weighted by Gasteiger charge is -2.26. The predicted octanol–water partition coefficient (Wildman–Crippen LogP) is 7.55. The molecule has 1 aromatic heterocycles. The predicted molar refractivity (Wildman–Crippen MR) is 116 cm³/mol. The monoisotopic (exact) mass is 355 g/mol. The fraction of sp³-hybridized carbons (Fsp3) is 0. The van der Waals surface area contributed by atoms with Gasteiger partial charge in [-0.05, 0) is 46.7 Å². The molecular weight excluding hydrogens is 334 g/mol. The van der Waals surface area contributed by atoms with Gasteiger partial charge in [0.2, 0.25) is 0 Å². The highest BCUT2D eigenvalue weighted by atomic mass is 32.1. The van der Waals surface area contributed by atoms with Crippen molar-refractivity contribution < 1.29 is 0 Å². The Bertz CT molecular complexity index is 843. The number of nitrogens with zero attached hydrogens (tertiary/aromatic N) is 1. The van der Waals surface area contributed by atoms with Crippen molar-refractivity contribution in [2.45, 2.75) is 0 Å². The molecular formula is C24H21NS. The molecule has 0 fully saturated rings. The summed E-state index contributed by atoms with van der Waals surface area (Å²) in [7, 11) is 0. The minimum absolute atomic E-state index is 1.12. The highest BCUT2D eigenvalue weighted by Crippen LogP contribution is 2.36. The van der Waals surface area contributed by atoms with Crippen molar-refractivity contribution in [1.82, 2.24) is 0 Å². The van der Waals surface area contributed by atoms with Gasteiger partial charge in [-0.2, -0.15) is 11.3 Å². The first-order valence-electron chi connectivity index (χ1n) is 8.49. The van der Waals surface area contributed by atoms with Crippen molar-refractivity contribution in [3.8, 4) is 0 Å². The van der Waals surface area contributed by atoms with E-state index in [0.29, 0.717) is 0 Å². The zero-order valence-corrected chi connectivity index (χ0v) is 15.3. The lowest BCUT2D eigenvalue weighted by Crippen LogP contribution is -2.10. The lowest BCUT2D eigenvalue weighted by molar-refractivity contribution is 1.28. The molecule has 0 N–H and O–H groups in total. The summed E-state index contributed by atoms with van der Waals surface area (Å²) < 4.78 is 0. The smallest absolute Gasteiger partial charge is 0.0533 e. The van der Waals surface area contributed by atoms with Crippen molar-refractivity contribution in [3.63, 3.8) is 0 Å². The summed E-state index contributed by atoms with van der Waals surface area (Å²) in [6, 6.07) is 33.1. The first-order valence-corrected chi connectivity index (χ1v) is 9.43. The van der Waals surface area contributed by atoms with Crippen molar-refractivity contribution in [2.75, 3.05) is 4.90 Å². The van der Waals surface area contributed by atoms with Gasteiger partial charge in [-0.3, -0.25) is 0 Å². The lowest BCUT2D eigenvalue weighted by atomic mass is 10.1. The van der Waals surface area contributed by atoms with E-state index in [0.717, 1.165) is 22.6 Å². The molecule has 4 rings (SSSR count). The molecule has 0 unspecified atom stereocenters. The zero-order chi connectivity index (χ0) is 18.0. The van der Waals surface area contributed by atoms with E-state index in [1.807, 2.05) is 47.2 Å². The van der Waals surface area contributed by atoms with Crippen LogP contribution in [0, 0.1) is 0 Å². The van der Waals surface area contributed by atoms with Crippen LogP contribution in [0.25, 0.3) is 6.08 Å². The summed E-state index contributed by atoms with van der Waals surface area (Å²) >= 11 is 1.71. The fourth-order valence-corrected chi connectivity index (χ4v) is 3.13. The Morgan fingerprint density at radius 3 is 1.58 bits per heavy atom. The van der Waals surface area contributed by atoms with E-state index in [-0.39, 0.29) is 0 Å². The molecule has 0 atom stereocenters. The van der Waals surface area contributed by atoms with E-state index >= 15 is 0 Å². The van der Waals surface area contributed by atoms with Crippen molar-refractivity contribution in [1.29, 1.82) is 0 Å². The van der Waals surface area contributed by atoms with Crippen LogP contribution in [0.3, 0.4) is 0 Å². The largest absolute Gasteiger partial charge is 0.310 e. The molecule has 0 spiro atoms. The quantitative estimate of drug-likeness (QED) is 0.365. The summed E-state index contributed by atoms with van der Waals surface area (Å²) in [6.07, 6.45) is 1.90. The van der Waals surface area contributed by atoms with E-state index in [2.05, 4.69) is 78.2 Å². The number of benzene rings is 3. The molecule has 0 aliphatic rings. The van der Waals surface area contributed by atoms with Gasteiger partial charge in [0.25, 0.3) is 0 Å². The SMILES string of the molecule is C=Cc1ccccc1N(c1ccccc1)c1ccccc1.c1ccsc1. The van der Waals surface area contributed by atoms with Crippen LogP contribution < -0.4 is 4.90 Å². The number of rotatable bonds is 4. The van der Waals surface area contributed by atoms with E-state index < -0.39 is 0 Å². The van der Waals surface area contributed by atoms with Crippen LogP contribution in [0.5, 0.6) is 0 Å². The van der Waals surface area contributed by atoms with Gasteiger partial charge in [-0.15, -0.1) is 0 Å². The first kappa shape index (κ1) is 17.7. The van der Waals surface area contributed by atoms with Crippen LogP contribution in [0.2, 0.25) is 0 Å². The summed E-state index contributed by atoms with van der Waals surface area (Å²) in [5, 5.41) is 4.08. The third kappa shape index (κ3) is 4.50. The Morgan fingerprint density at radius 1 is 0.615 bits per heavy atom. The zero-order valence-electron chi connectivity index (χ0n) is 14.5. The number of para-hydroxylation sites is 3. The van der Waals surface area contributed by atoms with Crippen molar-refractivity contribution in [2.24, 2.45) is 0 Å². The molecule has 0 bridgehead atoms. The molecule has 0 saturated heterocycles. The summed E-state index contributed by atoms with van der Waals surface area (Å²) in [5.41, 5.74) is 4.52. The van der Waals surface area contributed by atoms with Gasteiger partial charge in [0.05, 0.1) is 5.69 Å². The summed E-state index contributed by atoms with van der Waals surface area (Å²) in [4.78, 5) is 2.25. The second-order valence-corrected chi connectivity index (χ2v) is 6.38. The van der Waals surface area contributed by atoms with E-state index in [1.54, 1.807) is 11.3 Å². The molecule has 1 heterocycles. The Morgan fingerprint density at radius 2 is 1.12 bits per heavy atom. The minimum atomic E-state index is 1.12. The van der Waals surface area contributed by atoms with Crippen LogP contribution in [-0.4, -0.2) is 0 Å². The maximum Gasteiger partial charge on any atom is 0.0533 e. The molecule has 3 aromatic carbocycles. The number of hydrogen-bond acceptors (Lipinski definition) is 2. The third-order valence-electron chi connectivity index (χ3n) is 3.85. The Kier molecular flexibility index (Phi) is 6.40. The van der Waals surface area contributed by atoms with E-state index in [1.165, 1.54) is 0 Å². The molecule has 26 heavy (non-hydrogen) atoms. The molecule has 2 heteroatoms. The van der Waals surface area contributed by atoms with Crippen LogP contribution in [0.15, 0.2) is 114 Å². The minimum Gasteiger partial charge on any atom is -0.310 e.